The number of fused-ring (bicyclic) bond motifs is 1. The van der Waals surface area contributed by atoms with E-state index in [0.717, 1.165) is 6.61 Å². The highest BCUT2D eigenvalue weighted by atomic mass is 127. The highest BCUT2D eigenvalue weighted by Gasteiger charge is 2.33. The summed E-state index contributed by atoms with van der Waals surface area (Å²) in [5, 5.41) is 0. The van der Waals surface area contributed by atoms with Gasteiger partial charge in [0, 0.05) is 19.1 Å². The Morgan fingerprint density at radius 2 is 1.83 bits per heavy atom. The molecule has 2 atom stereocenters. The molecule has 0 radical (unpaired) electrons. The van der Waals surface area contributed by atoms with Crippen molar-refractivity contribution in [3.8, 4) is 0 Å². The van der Waals surface area contributed by atoms with Gasteiger partial charge in [0.2, 0.25) is 5.91 Å². The van der Waals surface area contributed by atoms with Gasteiger partial charge in [0.15, 0.2) is 0 Å². The number of carbonyl (C=O) groups excluding carboxylic acids is 1. The molecule has 3 fully saturated rings. The second-order valence-electron chi connectivity index (χ2n) is 6.51. The first-order chi connectivity index (χ1) is 11.3. The molecule has 0 saturated carbocycles. The number of morpholine rings is 1. The van der Waals surface area contributed by atoms with E-state index in [9.17, 15) is 4.79 Å². The van der Waals surface area contributed by atoms with Crippen molar-refractivity contribution in [1.82, 2.24) is 9.80 Å². The van der Waals surface area contributed by atoms with Crippen molar-refractivity contribution in [2.75, 3.05) is 57.5 Å². The van der Waals surface area contributed by atoms with Gasteiger partial charge in [-0.15, -0.1) is 0 Å². The van der Waals surface area contributed by atoms with Gasteiger partial charge in [-0.2, -0.15) is 0 Å². The van der Waals surface area contributed by atoms with Crippen molar-refractivity contribution in [1.29, 1.82) is 0 Å². The lowest BCUT2D eigenvalue weighted by Crippen LogP contribution is -2.49. The highest BCUT2D eigenvalue weighted by Crippen LogP contribution is 2.30. The van der Waals surface area contributed by atoms with Crippen LogP contribution in [0.15, 0.2) is 0 Å². The number of piperidine rings is 2. The van der Waals surface area contributed by atoms with Gasteiger partial charge >= 0.3 is 0 Å². The molecule has 2 unspecified atom stereocenters. The summed E-state index contributed by atoms with van der Waals surface area (Å²) in [5.41, 5.74) is 0. The Kier molecular flexibility index (Phi) is 9.15. The van der Waals surface area contributed by atoms with E-state index in [2.05, 4.69) is 27.5 Å². The molecule has 0 aliphatic carbocycles. The number of hydrogen-bond acceptors (Lipinski definition) is 4. The number of carbonyl (C=O) groups is 1. The maximum atomic E-state index is 12.1. The molecule has 0 N–H and O–H groups in total. The third-order valence-corrected chi connectivity index (χ3v) is 5.15. The first-order valence-corrected chi connectivity index (χ1v) is 11.1. The van der Waals surface area contributed by atoms with Gasteiger partial charge in [0.05, 0.1) is 19.8 Å². The summed E-state index contributed by atoms with van der Waals surface area (Å²) >= 11 is 2.15. The van der Waals surface area contributed by atoms with Crippen LogP contribution < -0.4 is 0 Å². The summed E-state index contributed by atoms with van der Waals surface area (Å²) in [5.74, 6) is 0.742. The molecule has 0 aromatic rings. The summed E-state index contributed by atoms with van der Waals surface area (Å²) in [4.78, 5) is 18.5. The van der Waals surface area contributed by atoms with Crippen LogP contribution in [-0.2, 0) is 14.3 Å². The predicted molar refractivity (Wildman–Crippen MR) is 100 cm³/mol. The zero-order valence-corrected chi connectivity index (χ0v) is 16.5. The molecule has 6 heteroatoms. The summed E-state index contributed by atoms with van der Waals surface area (Å²) in [7, 11) is 0. The minimum Gasteiger partial charge on any atom is -0.378 e. The van der Waals surface area contributed by atoms with Crippen LogP contribution in [0.2, 0.25) is 0 Å². The number of rotatable bonds is 4. The standard InChI is InChI=1S/C16H28N2O3.CH3I/c19-16(18-8-10-20-11-9-18)13-21-12-14-4-3-7-17-6-2-1-5-15(14)17;1-2/h14-15H,1-13H2;1H3. The van der Waals surface area contributed by atoms with Gasteiger partial charge in [0.25, 0.3) is 0 Å². The van der Waals surface area contributed by atoms with Crippen LogP contribution in [-0.4, -0.2) is 79.3 Å². The van der Waals surface area contributed by atoms with Crippen LogP contribution in [0.3, 0.4) is 0 Å². The van der Waals surface area contributed by atoms with Crippen molar-refractivity contribution in [3.05, 3.63) is 0 Å². The third-order valence-electron chi connectivity index (χ3n) is 5.15. The molecular weight excluding hydrogens is 407 g/mol. The molecule has 3 aliphatic heterocycles. The number of ether oxygens (including phenoxy) is 2. The summed E-state index contributed by atoms with van der Waals surface area (Å²) < 4.78 is 11.0. The number of amides is 1. The van der Waals surface area contributed by atoms with E-state index in [1.807, 2.05) is 9.83 Å². The van der Waals surface area contributed by atoms with E-state index in [-0.39, 0.29) is 12.5 Å². The molecule has 1 amide bonds. The molecular formula is C17H31IN2O3. The smallest absolute Gasteiger partial charge is 0.248 e. The van der Waals surface area contributed by atoms with E-state index in [1.165, 1.54) is 45.2 Å². The normalized spacial score (nSPS) is 28.5. The SMILES string of the molecule is CI.O=C(COCC1CCCN2CCCCC12)N1CCOCC1. The maximum Gasteiger partial charge on any atom is 0.248 e. The van der Waals surface area contributed by atoms with Crippen molar-refractivity contribution < 1.29 is 14.3 Å². The second kappa shape index (κ2) is 10.8. The molecule has 0 bridgehead atoms. The van der Waals surface area contributed by atoms with Crippen molar-refractivity contribution in [2.45, 2.75) is 38.1 Å². The number of hydrogen-bond donors (Lipinski definition) is 0. The lowest BCUT2D eigenvalue weighted by atomic mass is 9.84. The van der Waals surface area contributed by atoms with Gasteiger partial charge in [-0.25, -0.2) is 0 Å². The zero-order valence-electron chi connectivity index (χ0n) is 14.3. The van der Waals surface area contributed by atoms with Crippen LogP contribution in [0.1, 0.15) is 32.1 Å². The minimum absolute atomic E-state index is 0.120. The molecule has 0 spiro atoms. The molecule has 3 saturated heterocycles. The Balaban J connectivity index is 0.000000924. The van der Waals surface area contributed by atoms with Crippen LogP contribution in [0.4, 0.5) is 0 Å². The monoisotopic (exact) mass is 438 g/mol. The third kappa shape index (κ3) is 5.83. The molecule has 0 aromatic carbocycles. The first kappa shape index (κ1) is 19.4. The molecule has 3 heterocycles. The van der Waals surface area contributed by atoms with Crippen LogP contribution in [0, 0.1) is 5.92 Å². The van der Waals surface area contributed by atoms with E-state index in [0.29, 0.717) is 38.3 Å². The van der Waals surface area contributed by atoms with Gasteiger partial charge in [0.1, 0.15) is 6.61 Å². The van der Waals surface area contributed by atoms with Gasteiger partial charge < -0.3 is 19.3 Å². The quantitative estimate of drug-likeness (QED) is 0.499. The van der Waals surface area contributed by atoms with Crippen molar-refractivity contribution in [3.63, 3.8) is 0 Å². The van der Waals surface area contributed by atoms with E-state index < -0.39 is 0 Å². The fourth-order valence-corrected chi connectivity index (χ4v) is 3.97. The Morgan fingerprint density at radius 1 is 1.09 bits per heavy atom. The molecule has 5 nitrogen and oxygen atoms in total. The average Bonchev–Trinajstić information content (AvgIpc) is 2.64. The van der Waals surface area contributed by atoms with Gasteiger partial charge in [-0.3, -0.25) is 4.79 Å². The Bertz CT molecular complexity index is 349. The lowest BCUT2D eigenvalue weighted by molar-refractivity contribution is -0.141. The van der Waals surface area contributed by atoms with E-state index in [4.69, 9.17) is 9.47 Å². The molecule has 134 valence electrons. The fourth-order valence-electron chi connectivity index (χ4n) is 3.97. The van der Waals surface area contributed by atoms with Crippen molar-refractivity contribution in [2.24, 2.45) is 5.92 Å². The first-order valence-electron chi connectivity index (χ1n) is 8.90. The second-order valence-corrected chi connectivity index (χ2v) is 6.51. The number of nitrogens with zero attached hydrogens (tertiary/aromatic N) is 2. The van der Waals surface area contributed by atoms with Crippen LogP contribution in [0.25, 0.3) is 0 Å². The largest absolute Gasteiger partial charge is 0.378 e. The molecule has 3 rings (SSSR count). The van der Waals surface area contributed by atoms with Crippen LogP contribution >= 0.6 is 22.6 Å². The Morgan fingerprint density at radius 3 is 2.61 bits per heavy atom. The maximum absolute atomic E-state index is 12.1. The Labute approximate surface area is 154 Å². The lowest BCUT2D eigenvalue weighted by Gasteiger charge is -2.44. The molecule has 0 aromatic heterocycles. The van der Waals surface area contributed by atoms with Crippen LogP contribution in [0.5, 0.6) is 0 Å². The minimum atomic E-state index is 0.120. The fraction of sp³-hybridized carbons (Fsp3) is 0.941. The highest BCUT2D eigenvalue weighted by molar-refractivity contribution is 14.1. The summed E-state index contributed by atoms with van der Waals surface area (Å²) in [6.07, 6.45) is 6.55. The van der Waals surface area contributed by atoms with Gasteiger partial charge in [-0.1, -0.05) is 29.0 Å². The van der Waals surface area contributed by atoms with E-state index in [1.54, 1.807) is 0 Å². The number of halogens is 1. The molecule has 23 heavy (non-hydrogen) atoms. The topological polar surface area (TPSA) is 42.0 Å². The average molecular weight is 438 g/mol. The molecule has 3 aliphatic rings. The van der Waals surface area contributed by atoms with Gasteiger partial charge in [-0.05, 0) is 49.6 Å². The summed E-state index contributed by atoms with van der Waals surface area (Å²) in [6, 6.07) is 0.700. The summed E-state index contributed by atoms with van der Waals surface area (Å²) in [6.45, 7) is 6.24. The van der Waals surface area contributed by atoms with E-state index >= 15 is 0 Å². The van der Waals surface area contributed by atoms with Crippen molar-refractivity contribution >= 4 is 28.5 Å². The predicted octanol–water partition coefficient (Wildman–Crippen LogP) is 2.18. The zero-order chi connectivity index (χ0) is 16.5. The number of alkyl halides is 1. The Hall–Kier alpha value is 0.0800.